The van der Waals surface area contributed by atoms with E-state index in [-0.39, 0.29) is 17.1 Å². The monoisotopic (exact) mass is 308 g/mol. The van der Waals surface area contributed by atoms with Gasteiger partial charge in [-0.05, 0) is 12.1 Å². The normalized spacial score (nSPS) is 11.8. The highest BCUT2D eigenvalue weighted by molar-refractivity contribution is 7.91. The second-order valence-corrected chi connectivity index (χ2v) is 5.93. The molecule has 114 valence electrons. The number of rotatable bonds is 8. The van der Waals surface area contributed by atoms with Crippen molar-refractivity contribution in [2.24, 2.45) is 5.73 Å². The molecule has 0 atom stereocenters. The summed E-state index contributed by atoms with van der Waals surface area (Å²) >= 11 is 0. The van der Waals surface area contributed by atoms with Crippen LogP contribution in [0.1, 0.15) is 0 Å². The average Bonchev–Trinajstić information content (AvgIpc) is 2.43. The first-order chi connectivity index (χ1) is 9.45. The standard InChI is InChI=1S/C12H18F2N2O3S/c1-19-9-8-16(7-6-15)10-4-2-3-5-11(10)20(17,18)12(13)14/h2-5,12H,6-9,15H2,1H3. The summed E-state index contributed by atoms with van der Waals surface area (Å²) in [6, 6.07) is 5.67. The van der Waals surface area contributed by atoms with Crippen LogP contribution in [0.2, 0.25) is 0 Å². The Kier molecular flexibility index (Phi) is 6.31. The zero-order valence-electron chi connectivity index (χ0n) is 11.1. The smallest absolute Gasteiger partial charge is 0.341 e. The number of hydrogen-bond acceptors (Lipinski definition) is 5. The van der Waals surface area contributed by atoms with Crippen molar-refractivity contribution in [3.05, 3.63) is 24.3 Å². The summed E-state index contributed by atoms with van der Waals surface area (Å²) in [6.07, 6.45) is 0. The van der Waals surface area contributed by atoms with Crippen LogP contribution < -0.4 is 10.6 Å². The van der Waals surface area contributed by atoms with Crippen molar-refractivity contribution in [2.45, 2.75) is 10.7 Å². The first-order valence-electron chi connectivity index (χ1n) is 6.00. The van der Waals surface area contributed by atoms with Crippen LogP contribution in [0.25, 0.3) is 0 Å². The van der Waals surface area contributed by atoms with Crippen LogP contribution in [0, 0.1) is 0 Å². The SMILES string of the molecule is COCCN(CCN)c1ccccc1S(=O)(=O)C(F)F. The van der Waals surface area contributed by atoms with Gasteiger partial charge in [-0.25, -0.2) is 8.42 Å². The van der Waals surface area contributed by atoms with E-state index >= 15 is 0 Å². The number of anilines is 1. The lowest BCUT2D eigenvalue weighted by atomic mass is 10.3. The van der Waals surface area contributed by atoms with E-state index in [0.29, 0.717) is 19.7 Å². The average molecular weight is 308 g/mol. The Morgan fingerprint density at radius 3 is 2.50 bits per heavy atom. The number of nitrogens with two attached hydrogens (primary N) is 1. The number of hydrogen-bond donors (Lipinski definition) is 1. The molecule has 0 aliphatic carbocycles. The molecule has 0 bridgehead atoms. The molecule has 0 fully saturated rings. The molecule has 0 saturated carbocycles. The molecule has 0 unspecified atom stereocenters. The molecule has 1 aromatic carbocycles. The van der Waals surface area contributed by atoms with Crippen molar-refractivity contribution in [2.75, 3.05) is 38.3 Å². The van der Waals surface area contributed by atoms with Crippen LogP contribution in [0.4, 0.5) is 14.5 Å². The lowest BCUT2D eigenvalue weighted by molar-refractivity contribution is 0.205. The van der Waals surface area contributed by atoms with E-state index in [0.717, 1.165) is 0 Å². The molecule has 2 N–H and O–H groups in total. The summed E-state index contributed by atoms with van der Waals surface area (Å²) in [7, 11) is -3.15. The highest BCUT2D eigenvalue weighted by Crippen LogP contribution is 2.28. The van der Waals surface area contributed by atoms with Crippen LogP contribution in [0.5, 0.6) is 0 Å². The van der Waals surface area contributed by atoms with Crippen molar-refractivity contribution >= 4 is 15.5 Å². The van der Waals surface area contributed by atoms with E-state index in [1.165, 1.54) is 25.3 Å². The number of halogens is 2. The number of para-hydroxylation sites is 1. The zero-order valence-corrected chi connectivity index (χ0v) is 11.9. The van der Waals surface area contributed by atoms with E-state index < -0.39 is 15.6 Å². The van der Waals surface area contributed by atoms with Gasteiger partial charge < -0.3 is 15.4 Å². The lowest BCUT2D eigenvalue weighted by Crippen LogP contribution is -2.33. The van der Waals surface area contributed by atoms with Crippen LogP contribution >= 0.6 is 0 Å². The Balaban J connectivity index is 3.22. The predicted molar refractivity (Wildman–Crippen MR) is 72.8 cm³/mol. The summed E-state index contributed by atoms with van der Waals surface area (Å²) < 4.78 is 53.8. The maximum atomic E-state index is 12.7. The fourth-order valence-corrected chi connectivity index (χ4v) is 2.71. The van der Waals surface area contributed by atoms with Gasteiger partial charge in [0, 0.05) is 26.7 Å². The molecule has 0 aliphatic rings. The van der Waals surface area contributed by atoms with Crippen molar-refractivity contribution in [1.82, 2.24) is 0 Å². The lowest BCUT2D eigenvalue weighted by Gasteiger charge is -2.26. The van der Waals surface area contributed by atoms with Gasteiger partial charge in [-0.15, -0.1) is 0 Å². The molecule has 1 aromatic rings. The highest BCUT2D eigenvalue weighted by Gasteiger charge is 2.30. The van der Waals surface area contributed by atoms with Gasteiger partial charge in [0.2, 0.25) is 9.84 Å². The van der Waals surface area contributed by atoms with Gasteiger partial charge in [0.25, 0.3) is 0 Å². The van der Waals surface area contributed by atoms with Crippen LogP contribution in [-0.2, 0) is 14.6 Å². The summed E-state index contributed by atoms with van der Waals surface area (Å²) in [4.78, 5) is 1.23. The topological polar surface area (TPSA) is 72.6 Å². The molecular weight excluding hydrogens is 290 g/mol. The van der Waals surface area contributed by atoms with Crippen molar-refractivity contribution in [3.8, 4) is 0 Å². The molecular formula is C12H18F2N2O3S. The minimum atomic E-state index is -4.65. The highest BCUT2D eigenvalue weighted by atomic mass is 32.2. The number of ether oxygens (including phenoxy) is 1. The van der Waals surface area contributed by atoms with E-state index in [4.69, 9.17) is 10.5 Å². The third-order valence-corrected chi connectivity index (χ3v) is 4.14. The number of sulfone groups is 1. The van der Waals surface area contributed by atoms with Crippen molar-refractivity contribution < 1.29 is 21.9 Å². The Bertz CT molecular complexity index is 523. The molecule has 0 aromatic heterocycles. The zero-order chi connectivity index (χ0) is 15.2. The molecule has 0 radical (unpaired) electrons. The van der Waals surface area contributed by atoms with Gasteiger partial charge in [0.15, 0.2) is 0 Å². The van der Waals surface area contributed by atoms with Gasteiger partial charge >= 0.3 is 5.76 Å². The van der Waals surface area contributed by atoms with E-state index in [1.807, 2.05) is 0 Å². The van der Waals surface area contributed by atoms with Crippen LogP contribution in [0.15, 0.2) is 29.2 Å². The van der Waals surface area contributed by atoms with Gasteiger partial charge in [-0.3, -0.25) is 0 Å². The second kappa shape index (κ2) is 7.51. The maximum absolute atomic E-state index is 12.7. The minimum absolute atomic E-state index is 0.218. The van der Waals surface area contributed by atoms with Crippen molar-refractivity contribution in [1.29, 1.82) is 0 Å². The Morgan fingerprint density at radius 1 is 1.30 bits per heavy atom. The molecule has 1 rings (SSSR count). The first kappa shape index (κ1) is 16.8. The molecule has 8 heteroatoms. The van der Waals surface area contributed by atoms with Gasteiger partial charge in [0.1, 0.15) is 0 Å². The summed E-state index contributed by atoms with van der Waals surface area (Å²) in [6.45, 7) is 1.32. The fraction of sp³-hybridized carbons (Fsp3) is 0.500. The maximum Gasteiger partial charge on any atom is 0.341 e. The third kappa shape index (κ3) is 3.87. The third-order valence-electron chi connectivity index (χ3n) is 2.71. The van der Waals surface area contributed by atoms with Crippen LogP contribution in [0.3, 0.4) is 0 Å². The van der Waals surface area contributed by atoms with E-state index in [9.17, 15) is 17.2 Å². The molecule has 0 saturated heterocycles. The van der Waals surface area contributed by atoms with Crippen LogP contribution in [-0.4, -0.2) is 47.5 Å². The first-order valence-corrected chi connectivity index (χ1v) is 7.54. The second-order valence-electron chi connectivity index (χ2n) is 4.04. The molecule has 0 aliphatic heterocycles. The molecule has 20 heavy (non-hydrogen) atoms. The predicted octanol–water partition coefficient (Wildman–Crippen LogP) is 1.09. The van der Waals surface area contributed by atoms with E-state index in [1.54, 1.807) is 11.0 Å². The van der Waals surface area contributed by atoms with E-state index in [2.05, 4.69) is 0 Å². The quantitative estimate of drug-likeness (QED) is 0.778. The summed E-state index contributed by atoms with van der Waals surface area (Å²) in [5.41, 5.74) is 5.70. The summed E-state index contributed by atoms with van der Waals surface area (Å²) in [5, 5.41) is 0. The molecule has 0 heterocycles. The molecule has 0 spiro atoms. The Labute approximate surface area is 117 Å². The molecule has 5 nitrogen and oxygen atoms in total. The Morgan fingerprint density at radius 2 is 1.95 bits per heavy atom. The number of methoxy groups -OCH3 is 1. The number of alkyl halides is 2. The minimum Gasteiger partial charge on any atom is -0.383 e. The summed E-state index contributed by atoms with van der Waals surface area (Å²) in [5.74, 6) is -3.45. The van der Waals surface area contributed by atoms with Crippen molar-refractivity contribution in [3.63, 3.8) is 0 Å². The van der Waals surface area contributed by atoms with Gasteiger partial charge in [-0.2, -0.15) is 8.78 Å². The fourth-order valence-electron chi connectivity index (χ4n) is 1.77. The Hall–Kier alpha value is -1.25. The van der Waals surface area contributed by atoms with Gasteiger partial charge in [-0.1, -0.05) is 12.1 Å². The van der Waals surface area contributed by atoms with Gasteiger partial charge in [0.05, 0.1) is 17.2 Å². The molecule has 0 amide bonds. The number of nitrogens with zero attached hydrogens (tertiary/aromatic N) is 1. The largest absolute Gasteiger partial charge is 0.383 e. The number of benzene rings is 1.